The summed E-state index contributed by atoms with van der Waals surface area (Å²) in [4.78, 5) is 11.0. The number of nitrogens with one attached hydrogen (secondary N) is 1. The van der Waals surface area contributed by atoms with E-state index in [1.54, 1.807) is 6.92 Å². The molecule has 0 aliphatic heterocycles. The van der Waals surface area contributed by atoms with Gasteiger partial charge in [-0.2, -0.15) is 0 Å². The first-order valence-corrected chi connectivity index (χ1v) is 8.32. The highest BCUT2D eigenvalue weighted by molar-refractivity contribution is 7.88. The van der Waals surface area contributed by atoms with Crippen LogP contribution < -0.4 is 4.72 Å². The summed E-state index contributed by atoms with van der Waals surface area (Å²) >= 11 is 11.6. The third kappa shape index (κ3) is 5.66. The van der Waals surface area contributed by atoms with Crippen LogP contribution in [0.4, 0.5) is 0 Å². The van der Waals surface area contributed by atoms with Crippen molar-refractivity contribution in [3.05, 3.63) is 33.8 Å². The number of aliphatic carboxylic acids is 1. The van der Waals surface area contributed by atoms with E-state index >= 15 is 0 Å². The summed E-state index contributed by atoms with van der Waals surface area (Å²) in [6.45, 7) is 1.78. The van der Waals surface area contributed by atoms with Gasteiger partial charge in [0.1, 0.15) is 6.04 Å². The van der Waals surface area contributed by atoms with Gasteiger partial charge in [0.05, 0.1) is 5.75 Å². The molecular weight excluding hydrogens is 325 g/mol. The largest absolute Gasteiger partial charge is 0.480 e. The van der Waals surface area contributed by atoms with Crippen molar-refractivity contribution >= 4 is 39.2 Å². The molecule has 0 heterocycles. The summed E-state index contributed by atoms with van der Waals surface area (Å²) in [6.07, 6.45) is 0.785. The Kier molecular flexibility index (Phi) is 6.26. The van der Waals surface area contributed by atoms with Crippen LogP contribution in [0.15, 0.2) is 18.2 Å². The Labute approximate surface area is 127 Å². The lowest BCUT2D eigenvalue weighted by molar-refractivity contribution is -0.139. The molecule has 0 amide bonds. The van der Waals surface area contributed by atoms with Crippen molar-refractivity contribution in [2.24, 2.45) is 0 Å². The van der Waals surface area contributed by atoms with Gasteiger partial charge >= 0.3 is 5.97 Å². The van der Waals surface area contributed by atoms with Crippen LogP contribution in [0.5, 0.6) is 0 Å². The van der Waals surface area contributed by atoms with Crippen molar-refractivity contribution in [1.29, 1.82) is 0 Å². The Bertz CT molecular complexity index is 569. The minimum atomic E-state index is -3.78. The number of rotatable bonds is 7. The molecule has 0 saturated heterocycles. The van der Waals surface area contributed by atoms with E-state index in [-0.39, 0.29) is 12.2 Å². The number of hydrogen-bond acceptors (Lipinski definition) is 3. The molecule has 1 aromatic rings. The molecule has 5 nitrogen and oxygen atoms in total. The van der Waals surface area contributed by atoms with Gasteiger partial charge in [-0.15, -0.1) is 0 Å². The van der Waals surface area contributed by atoms with Crippen LogP contribution in [0, 0.1) is 0 Å². The number of halogens is 2. The van der Waals surface area contributed by atoms with Gasteiger partial charge in [0.2, 0.25) is 10.0 Å². The van der Waals surface area contributed by atoms with E-state index in [1.165, 1.54) is 18.2 Å². The van der Waals surface area contributed by atoms with Crippen LogP contribution in [-0.4, -0.2) is 25.5 Å². The molecule has 1 aromatic carbocycles. The van der Waals surface area contributed by atoms with Gasteiger partial charge in [-0.05, 0) is 30.2 Å². The first kappa shape index (κ1) is 17.2. The smallest absolute Gasteiger partial charge is 0.321 e. The Morgan fingerprint density at radius 2 is 1.85 bits per heavy atom. The van der Waals surface area contributed by atoms with Crippen LogP contribution in [0.1, 0.15) is 25.3 Å². The fourth-order valence-corrected chi connectivity index (χ4v) is 3.61. The van der Waals surface area contributed by atoms with Gasteiger partial charge in [-0.1, -0.05) is 36.5 Å². The van der Waals surface area contributed by atoms with Crippen molar-refractivity contribution in [3.8, 4) is 0 Å². The van der Waals surface area contributed by atoms with E-state index in [2.05, 4.69) is 4.72 Å². The lowest BCUT2D eigenvalue weighted by Gasteiger charge is -2.14. The lowest BCUT2D eigenvalue weighted by Crippen LogP contribution is -2.41. The molecule has 1 atom stereocenters. The van der Waals surface area contributed by atoms with Gasteiger partial charge in [0.25, 0.3) is 0 Å². The van der Waals surface area contributed by atoms with Gasteiger partial charge in [0.15, 0.2) is 0 Å². The summed E-state index contributed by atoms with van der Waals surface area (Å²) in [6, 6.07) is 3.31. The zero-order valence-corrected chi connectivity index (χ0v) is 13.1. The van der Waals surface area contributed by atoms with Crippen LogP contribution in [0.25, 0.3) is 0 Å². The normalized spacial score (nSPS) is 13.2. The molecule has 8 heteroatoms. The second-order valence-electron chi connectivity index (χ2n) is 4.33. The van der Waals surface area contributed by atoms with Crippen LogP contribution in [0.2, 0.25) is 10.0 Å². The lowest BCUT2D eigenvalue weighted by atomic mass is 10.2. The van der Waals surface area contributed by atoms with Gasteiger partial charge in [-0.25, -0.2) is 13.1 Å². The standard InChI is InChI=1S/C12H15Cl2NO4S/c1-2-3-11(12(16)17)15-20(18,19)7-8-4-9(13)6-10(14)5-8/h4-6,11,15H,2-3,7H2,1H3,(H,16,17). The predicted molar refractivity (Wildman–Crippen MR) is 78.6 cm³/mol. The number of sulfonamides is 1. The first-order valence-electron chi connectivity index (χ1n) is 5.91. The van der Waals surface area contributed by atoms with E-state index in [0.29, 0.717) is 22.0 Å². The Morgan fingerprint density at radius 1 is 1.30 bits per heavy atom. The van der Waals surface area contributed by atoms with Crippen molar-refractivity contribution in [1.82, 2.24) is 4.72 Å². The summed E-state index contributed by atoms with van der Waals surface area (Å²) < 4.78 is 26.1. The molecule has 20 heavy (non-hydrogen) atoms. The van der Waals surface area contributed by atoms with Crippen molar-refractivity contribution in [2.45, 2.75) is 31.6 Å². The number of carboxylic acids is 1. The molecule has 0 fully saturated rings. The molecule has 0 aliphatic carbocycles. The van der Waals surface area contributed by atoms with E-state index in [9.17, 15) is 13.2 Å². The highest BCUT2D eigenvalue weighted by Crippen LogP contribution is 2.20. The van der Waals surface area contributed by atoms with Crippen LogP contribution in [-0.2, 0) is 20.6 Å². The summed E-state index contributed by atoms with van der Waals surface area (Å²) in [7, 11) is -3.78. The molecule has 0 bridgehead atoms. The molecule has 0 saturated carbocycles. The topological polar surface area (TPSA) is 83.5 Å². The quantitative estimate of drug-likeness (QED) is 0.799. The highest BCUT2D eigenvalue weighted by Gasteiger charge is 2.23. The summed E-state index contributed by atoms with van der Waals surface area (Å²) in [5.74, 6) is -1.57. The Hall–Kier alpha value is -0.820. The molecule has 1 unspecified atom stereocenters. The molecule has 112 valence electrons. The Balaban J connectivity index is 2.86. The number of carbonyl (C=O) groups is 1. The van der Waals surface area contributed by atoms with Crippen molar-refractivity contribution < 1.29 is 18.3 Å². The van der Waals surface area contributed by atoms with Gasteiger partial charge < -0.3 is 5.11 Å². The third-order valence-corrected chi connectivity index (χ3v) is 4.27. The third-order valence-electron chi connectivity index (χ3n) is 2.48. The maximum Gasteiger partial charge on any atom is 0.321 e. The fraction of sp³-hybridized carbons (Fsp3) is 0.417. The number of hydrogen-bond donors (Lipinski definition) is 2. The Morgan fingerprint density at radius 3 is 2.30 bits per heavy atom. The predicted octanol–water partition coefficient (Wildman–Crippen LogP) is 2.67. The molecule has 0 spiro atoms. The summed E-state index contributed by atoms with van der Waals surface area (Å²) in [5.41, 5.74) is 0.399. The molecule has 2 N–H and O–H groups in total. The molecule has 0 aromatic heterocycles. The molecule has 1 rings (SSSR count). The second kappa shape index (κ2) is 7.26. The average Bonchev–Trinajstić information content (AvgIpc) is 2.25. The van der Waals surface area contributed by atoms with Gasteiger partial charge in [0, 0.05) is 10.0 Å². The molecule has 0 radical (unpaired) electrons. The fourth-order valence-electron chi connectivity index (χ4n) is 1.69. The minimum Gasteiger partial charge on any atom is -0.480 e. The number of carboxylic acid groups (broad SMARTS) is 1. The maximum atomic E-state index is 12.0. The zero-order chi connectivity index (χ0) is 15.3. The minimum absolute atomic E-state index is 0.227. The summed E-state index contributed by atoms with van der Waals surface area (Å²) in [5, 5.41) is 9.60. The highest BCUT2D eigenvalue weighted by atomic mass is 35.5. The average molecular weight is 340 g/mol. The monoisotopic (exact) mass is 339 g/mol. The second-order valence-corrected chi connectivity index (χ2v) is 6.96. The van der Waals surface area contributed by atoms with Gasteiger partial charge in [-0.3, -0.25) is 4.79 Å². The van der Waals surface area contributed by atoms with Crippen LogP contribution >= 0.6 is 23.2 Å². The van der Waals surface area contributed by atoms with Crippen LogP contribution in [0.3, 0.4) is 0 Å². The van der Waals surface area contributed by atoms with E-state index in [1.807, 2.05) is 0 Å². The zero-order valence-electron chi connectivity index (χ0n) is 10.8. The van der Waals surface area contributed by atoms with Crippen molar-refractivity contribution in [2.75, 3.05) is 0 Å². The van der Waals surface area contributed by atoms with E-state index in [0.717, 1.165) is 0 Å². The first-order chi connectivity index (χ1) is 9.23. The SMILES string of the molecule is CCCC(NS(=O)(=O)Cc1cc(Cl)cc(Cl)c1)C(=O)O. The van der Waals surface area contributed by atoms with Crippen molar-refractivity contribution in [3.63, 3.8) is 0 Å². The van der Waals surface area contributed by atoms with E-state index in [4.69, 9.17) is 28.3 Å². The van der Waals surface area contributed by atoms with E-state index < -0.39 is 22.0 Å². The maximum absolute atomic E-state index is 12.0. The number of benzene rings is 1. The molecular formula is C12H15Cl2NO4S. The molecule has 0 aliphatic rings.